The van der Waals surface area contributed by atoms with Gasteiger partial charge in [0.25, 0.3) is 0 Å². The summed E-state index contributed by atoms with van der Waals surface area (Å²) in [6.07, 6.45) is 0. The van der Waals surface area contributed by atoms with E-state index in [-0.39, 0.29) is 5.82 Å². The molecule has 29 heavy (non-hydrogen) atoms. The van der Waals surface area contributed by atoms with Gasteiger partial charge < -0.3 is 29.7 Å². The van der Waals surface area contributed by atoms with E-state index in [1.54, 1.807) is 33.5 Å². The molecule has 2 N–H and O–H groups in total. The molecular weight excluding hydrogens is 375 g/mol. The molecule has 0 spiro atoms. The number of methoxy groups -OCH3 is 3. The zero-order chi connectivity index (χ0) is 20.8. The maximum absolute atomic E-state index is 13.1. The predicted molar refractivity (Wildman–Crippen MR) is 112 cm³/mol. The van der Waals surface area contributed by atoms with E-state index in [4.69, 9.17) is 19.9 Å². The van der Waals surface area contributed by atoms with Crippen LogP contribution in [-0.2, 0) is 6.54 Å². The number of hydrogen-bond acceptors (Lipinski definition) is 5. The zero-order valence-electron chi connectivity index (χ0n) is 17.0. The van der Waals surface area contributed by atoms with Gasteiger partial charge in [-0.1, -0.05) is 0 Å². The van der Waals surface area contributed by atoms with Gasteiger partial charge in [-0.25, -0.2) is 9.38 Å². The Morgan fingerprint density at radius 2 is 1.55 bits per heavy atom. The number of hydrogen-bond donors (Lipinski definition) is 1. The summed E-state index contributed by atoms with van der Waals surface area (Å²) in [5.41, 5.74) is 8.14. The standard InChI is InChI=1S/C21H27FN4O3/c1-27-18-12-15(13-19(28-2)20(18)29-3)14-24-21(23)26-10-8-25(9-11-26)17-6-4-16(22)5-7-17/h4-7,12-13H,8-11,14H2,1-3H3,(H2,23,24). The normalized spacial score (nSPS) is 14.7. The van der Waals surface area contributed by atoms with E-state index in [9.17, 15) is 4.39 Å². The molecule has 1 saturated heterocycles. The van der Waals surface area contributed by atoms with Gasteiger partial charge in [-0.3, -0.25) is 0 Å². The third kappa shape index (κ3) is 4.82. The van der Waals surface area contributed by atoms with Crippen LogP contribution in [0.2, 0.25) is 0 Å². The summed E-state index contributed by atoms with van der Waals surface area (Å²) in [4.78, 5) is 8.80. The summed E-state index contributed by atoms with van der Waals surface area (Å²) in [7, 11) is 4.74. The maximum atomic E-state index is 13.1. The van der Waals surface area contributed by atoms with Crippen LogP contribution in [0.4, 0.5) is 10.1 Å². The maximum Gasteiger partial charge on any atom is 0.203 e. The van der Waals surface area contributed by atoms with Gasteiger partial charge in [-0.2, -0.15) is 0 Å². The number of rotatable bonds is 6. The predicted octanol–water partition coefficient (Wildman–Crippen LogP) is 2.49. The number of nitrogens with two attached hydrogens (primary N) is 1. The van der Waals surface area contributed by atoms with Crippen molar-refractivity contribution in [2.75, 3.05) is 52.4 Å². The van der Waals surface area contributed by atoms with Gasteiger partial charge in [0.2, 0.25) is 5.75 Å². The average Bonchev–Trinajstić information content (AvgIpc) is 2.77. The molecule has 3 rings (SSSR count). The lowest BCUT2D eigenvalue weighted by Crippen LogP contribution is -2.51. The lowest BCUT2D eigenvalue weighted by molar-refractivity contribution is 0.324. The molecule has 1 aliphatic heterocycles. The summed E-state index contributed by atoms with van der Waals surface area (Å²) in [5, 5.41) is 0. The lowest BCUT2D eigenvalue weighted by Gasteiger charge is -2.36. The molecule has 8 heteroatoms. The number of benzene rings is 2. The molecule has 0 atom stereocenters. The summed E-state index contributed by atoms with van der Waals surface area (Å²) >= 11 is 0. The van der Waals surface area contributed by atoms with Crippen molar-refractivity contribution >= 4 is 11.6 Å². The molecule has 1 fully saturated rings. The van der Waals surface area contributed by atoms with Gasteiger partial charge >= 0.3 is 0 Å². The molecule has 156 valence electrons. The van der Waals surface area contributed by atoms with E-state index in [0.29, 0.717) is 29.8 Å². The molecule has 0 bridgehead atoms. The molecule has 2 aromatic carbocycles. The fourth-order valence-corrected chi connectivity index (χ4v) is 3.34. The Labute approximate surface area is 170 Å². The molecule has 0 amide bonds. The van der Waals surface area contributed by atoms with Gasteiger partial charge in [0, 0.05) is 31.9 Å². The molecule has 0 radical (unpaired) electrons. The van der Waals surface area contributed by atoms with Crippen LogP contribution in [0.5, 0.6) is 17.2 Å². The van der Waals surface area contributed by atoms with Crippen LogP contribution in [0.25, 0.3) is 0 Å². The zero-order valence-corrected chi connectivity index (χ0v) is 17.0. The second kappa shape index (κ2) is 9.36. The van der Waals surface area contributed by atoms with E-state index in [0.717, 1.165) is 37.4 Å². The van der Waals surface area contributed by atoms with Crippen LogP contribution in [0.1, 0.15) is 5.56 Å². The Bertz CT molecular complexity index is 824. The van der Waals surface area contributed by atoms with Crippen molar-refractivity contribution in [2.24, 2.45) is 10.7 Å². The summed E-state index contributed by atoms with van der Waals surface area (Å²) in [5.74, 6) is 1.99. The summed E-state index contributed by atoms with van der Waals surface area (Å²) in [6.45, 7) is 3.50. The SMILES string of the molecule is COc1cc(CN=C(N)N2CCN(c3ccc(F)cc3)CC2)cc(OC)c1OC. The van der Waals surface area contributed by atoms with Crippen LogP contribution < -0.4 is 24.8 Å². The lowest BCUT2D eigenvalue weighted by atomic mass is 10.2. The quantitative estimate of drug-likeness (QED) is 0.591. The third-order valence-electron chi connectivity index (χ3n) is 4.94. The highest BCUT2D eigenvalue weighted by atomic mass is 19.1. The molecule has 0 aliphatic carbocycles. The van der Waals surface area contributed by atoms with Gasteiger partial charge in [-0.05, 0) is 42.0 Å². The first-order valence-corrected chi connectivity index (χ1v) is 9.40. The third-order valence-corrected chi connectivity index (χ3v) is 4.94. The molecule has 0 aromatic heterocycles. The molecule has 1 heterocycles. The van der Waals surface area contributed by atoms with Crippen molar-refractivity contribution < 1.29 is 18.6 Å². The highest BCUT2D eigenvalue weighted by Gasteiger charge is 2.19. The number of guanidine groups is 1. The van der Waals surface area contributed by atoms with Gasteiger partial charge in [-0.15, -0.1) is 0 Å². The Morgan fingerprint density at radius 1 is 0.966 bits per heavy atom. The number of ether oxygens (including phenoxy) is 3. The fourth-order valence-electron chi connectivity index (χ4n) is 3.34. The molecule has 1 aliphatic rings. The minimum atomic E-state index is -0.226. The number of halogens is 1. The number of anilines is 1. The topological polar surface area (TPSA) is 72.6 Å². The van der Waals surface area contributed by atoms with Crippen molar-refractivity contribution in [3.63, 3.8) is 0 Å². The monoisotopic (exact) mass is 402 g/mol. The molecule has 0 saturated carbocycles. The van der Waals surface area contributed by atoms with Crippen LogP contribution in [0.3, 0.4) is 0 Å². The Hall–Kier alpha value is -3.16. The molecule has 2 aromatic rings. The smallest absolute Gasteiger partial charge is 0.203 e. The van der Waals surface area contributed by atoms with Crippen molar-refractivity contribution in [1.29, 1.82) is 0 Å². The van der Waals surface area contributed by atoms with Crippen LogP contribution >= 0.6 is 0 Å². The van der Waals surface area contributed by atoms with E-state index >= 15 is 0 Å². The summed E-state index contributed by atoms with van der Waals surface area (Å²) in [6, 6.07) is 10.3. The number of nitrogens with zero attached hydrogens (tertiary/aromatic N) is 3. The molecule has 7 nitrogen and oxygen atoms in total. The largest absolute Gasteiger partial charge is 0.493 e. The molecule has 0 unspecified atom stereocenters. The van der Waals surface area contributed by atoms with Crippen molar-refractivity contribution in [1.82, 2.24) is 4.90 Å². The average molecular weight is 402 g/mol. The van der Waals surface area contributed by atoms with Crippen LogP contribution in [0.15, 0.2) is 41.4 Å². The Balaban J connectivity index is 1.63. The molecular formula is C21H27FN4O3. The van der Waals surface area contributed by atoms with E-state index < -0.39 is 0 Å². The van der Waals surface area contributed by atoms with Gasteiger partial charge in [0.05, 0.1) is 27.9 Å². The second-order valence-electron chi connectivity index (χ2n) is 6.66. The van der Waals surface area contributed by atoms with E-state index in [1.807, 2.05) is 12.1 Å². The highest BCUT2D eigenvalue weighted by Crippen LogP contribution is 2.38. The second-order valence-corrected chi connectivity index (χ2v) is 6.66. The first-order valence-electron chi connectivity index (χ1n) is 9.40. The van der Waals surface area contributed by atoms with Crippen LogP contribution in [-0.4, -0.2) is 58.4 Å². The van der Waals surface area contributed by atoms with Gasteiger partial charge in [0.1, 0.15) is 5.82 Å². The first kappa shape index (κ1) is 20.6. The minimum Gasteiger partial charge on any atom is -0.493 e. The Morgan fingerprint density at radius 3 is 2.07 bits per heavy atom. The highest BCUT2D eigenvalue weighted by molar-refractivity contribution is 5.78. The van der Waals surface area contributed by atoms with E-state index in [1.165, 1.54) is 12.1 Å². The van der Waals surface area contributed by atoms with Crippen molar-refractivity contribution in [2.45, 2.75) is 6.54 Å². The fraction of sp³-hybridized carbons (Fsp3) is 0.381. The minimum absolute atomic E-state index is 0.226. The first-order chi connectivity index (χ1) is 14.0. The Kier molecular flexibility index (Phi) is 6.64. The van der Waals surface area contributed by atoms with E-state index in [2.05, 4.69) is 14.8 Å². The van der Waals surface area contributed by atoms with Crippen LogP contribution in [0, 0.1) is 5.82 Å². The number of aliphatic imine (C=N–C) groups is 1. The van der Waals surface area contributed by atoms with Gasteiger partial charge in [0.15, 0.2) is 17.5 Å². The van der Waals surface area contributed by atoms with Crippen molar-refractivity contribution in [3.05, 3.63) is 47.8 Å². The number of piperazine rings is 1. The van der Waals surface area contributed by atoms with Crippen molar-refractivity contribution in [3.8, 4) is 17.2 Å². The summed E-state index contributed by atoms with van der Waals surface area (Å²) < 4.78 is 29.2.